The quantitative estimate of drug-likeness (QED) is 0.755. The Morgan fingerprint density at radius 2 is 2.14 bits per heavy atom. The number of anilines is 1. The summed E-state index contributed by atoms with van der Waals surface area (Å²) in [6.45, 7) is 6.86. The first-order chi connectivity index (χ1) is 13.5. The van der Waals surface area contributed by atoms with Crippen molar-refractivity contribution >= 4 is 23.2 Å². The molecule has 5 rings (SSSR count). The fourth-order valence-corrected chi connectivity index (χ4v) is 6.22. The molecule has 1 aromatic carbocycles. The van der Waals surface area contributed by atoms with Crippen molar-refractivity contribution in [3.8, 4) is 0 Å². The summed E-state index contributed by atoms with van der Waals surface area (Å²) < 4.78 is 0. The fourth-order valence-electron chi connectivity index (χ4n) is 6.02. The average Bonchev–Trinajstić information content (AvgIpc) is 2.94. The van der Waals surface area contributed by atoms with Crippen molar-refractivity contribution in [2.24, 2.45) is 23.2 Å². The Morgan fingerprint density at radius 3 is 2.96 bits per heavy atom. The zero-order chi connectivity index (χ0) is 19.3. The largest absolute Gasteiger partial charge is 0.369 e. The zero-order valence-corrected chi connectivity index (χ0v) is 17.4. The third kappa shape index (κ3) is 3.35. The van der Waals surface area contributed by atoms with Gasteiger partial charge in [-0.25, -0.2) is 0 Å². The molecular formula is C23H30ClN3O. The van der Waals surface area contributed by atoms with Gasteiger partial charge in [0.25, 0.3) is 5.91 Å². The topological polar surface area (TPSA) is 44.4 Å². The van der Waals surface area contributed by atoms with Crippen LogP contribution in [0.15, 0.2) is 29.8 Å². The van der Waals surface area contributed by atoms with Gasteiger partial charge in [-0.1, -0.05) is 30.2 Å². The maximum atomic E-state index is 13.0. The molecule has 4 nitrogen and oxygen atoms in total. The highest BCUT2D eigenvalue weighted by Gasteiger charge is 2.48. The number of nitrogens with one attached hydrogen (secondary N) is 2. The molecule has 4 aliphatic rings. The number of nitrogens with zero attached hydrogens (tertiary/aromatic N) is 1. The van der Waals surface area contributed by atoms with E-state index in [9.17, 15) is 4.79 Å². The molecule has 150 valence electrons. The van der Waals surface area contributed by atoms with Crippen LogP contribution in [0, 0.1) is 23.2 Å². The van der Waals surface area contributed by atoms with Crippen LogP contribution in [0.25, 0.3) is 0 Å². The van der Waals surface area contributed by atoms with E-state index in [1.54, 1.807) is 5.57 Å². The molecule has 28 heavy (non-hydrogen) atoms. The predicted molar refractivity (Wildman–Crippen MR) is 114 cm³/mol. The highest BCUT2D eigenvalue weighted by molar-refractivity contribution is 6.34. The number of amides is 1. The number of fused-ring (bicyclic) bond motifs is 1. The minimum absolute atomic E-state index is 0.0532. The van der Waals surface area contributed by atoms with Gasteiger partial charge in [-0.15, -0.1) is 0 Å². The standard InChI is InChI=1S/C23H30ClN3O/c1-23(12-15-8-16-10-17(13-23)19(16)9-15)14-26-22(28)20-11-18(2-3-21(20)24)27-6-4-25-5-7-27/h2-3,11,13,15-16,19,25H,4-10,12,14H2,1H3,(H,26,28). The molecule has 4 atom stereocenters. The second-order valence-electron chi connectivity index (χ2n) is 9.57. The van der Waals surface area contributed by atoms with E-state index in [0.29, 0.717) is 17.1 Å². The zero-order valence-electron chi connectivity index (χ0n) is 16.6. The predicted octanol–water partition coefficient (Wildman–Crippen LogP) is 3.86. The molecule has 2 N–H and O–H groups in total. The highest BCUT2D eigenvalue weighted by atomic mass is 35.5. The van der Waals surface area contributed by atoms with Gasteiger partial charge < -0.3 is 15.5 Å². The molecule has 0 radical (unpaired) electrons. The molecule has 4 unspecified atom stereocenters. The number of carbonyl (C=O) groups is 1. The van der Waals surface area contributed by atoms with E-state index in [-0.39, 0.29) is 11.3 Å². The monoisotopic (exact) mass is 399 g/mol. The van der Waals surface area contributed by atoms with Gasteiger partial charge in [0.2, 0.25) is 0 Å². The van der Waals surface area contributed by atoms with Crippen LogP contribution in [0.1, 0.15) is 43.0 Å². The lowest BCUT2D eigenvalue weighted by Gasteiger charge is -2.38. The number of carbonyl (C=O) groups excluding carboxylic acids is 1. The van der Waals surface area contributed by atoms with E-state index in [1.165, 1.54) is 25.7 Å². The van der Waals surface area contributed by atoms with Crippen molar-refractivity contribution in [3.05, 3.63) is 40.4 Å². The molecule has 2 saturated carbocycles. The molecule has 1 saturated heterocycles. The molecule has 1 amide bonds. The van der Waals surface area contributed by atoms with Crippen molar-refractivity contribution in [1.29, 1.82) is 0 Å². The average molecular weight is 400 g/mol. The number of rotatable bonds is 4. The van der Waals surface area contributed by atoms with E-state index in [0.717, 1.165) is 49.6 Å². The van der Waals surface area contributed by atoms with Crippen molar-refractivity contribution in [3.63, 3.8) is 0 Å². The molecular weight excluding hydrogens is 370 g/mol. The first-order valence-corrected chi connectivity index (χ1v) is 11.1. The molecule has 5 heteroatoms. The summed E-state index contributed by atoms with van der Waals surface area (Å²) in [4.78, 5) is 15.3. The van der Waals surface area contributed by atoms with Crippen molar-refractivity contribution in [1.82, 2.24) is 10.6 Å². The molecule has 1 heterocycles. The summed E-state index contributed by atoms with van der Waals surface area (Å²) in [5.74, 6) is 2.59. The number of piperazine rings is 1. The van der Waals surface area contributed by atoms with Crippen LogP contribution in [0.3, 0.4) is 0 Å². The van der Waals surface area contributed by atoms with E-state index in [1.807, 2.05) is 18.2 Å². The Hall–Kier alpha value is -1.52. The molecule has 3 aliphatic carbocycles. The first-order valence-electron chi connectivity index (χ1n) is 10.8. The second kappa shape index (κ2) is 7.07. The van der Waals surface area contributed by atoms with Crippen molar-refractivity contribution in [2.75, 3.05) is 37.6 Å². The Balaban J connectivity index is 1.29. The lowest BCUT2D eigenvalue weighted by atomic mass is 9.67. The van der Waals surface area contributed by atoms with Crippen molar-refractivity contribution < 1.29 is 4.79 Å². The van der Waals surface area contributed by atoms with Gasteiger partial charge in [-0.05, 0) is 61.6 Å². The summed E-state index contributed by atoms with van der Waals surface area (Å²) >= 11 is 6.39. The Kier molecular flexibility index (Phi) is 4.67. The SMILES string of the molecule is CC1(CNC(=O)c2cc(N3CCNCC3)ccc2Cl)C=C2CC3CC(CC23)C1. The van der Waals surface area contributed by atoms with Gasteiger partial charge in [-0.3, -0.25) is 4.79 Å². The number of halogens is 1. The molecule has 2 bridgehead atoms. The lowest BCUT2D eigenvalue weighted by molar-refractivity contribution is 0.0936. The molecule has 1 aliphatic heterocycles. The van der Waals surface area contributed by atoms with Gasteiger partial charge in [0.05, 0.1) is 10.6 Å². The third-order valence-corrected chi connectivity index (χ3v) is 7.71. The molecule has 3 fully saturated rings. The maximum Gasteiger partial charge on any atom is 0.252 e. The third-order valence-electron chi connectivity index (χ3n) is 7.38. The Bertz CT molecular complexity index is 816. The minimum atomic E-state index is -0.0532. The fraction of sp³-hybridized carbons (Fsp3) is 0.609. The number of hydrogen-bond acceptors (Lipinski definition) is 3. The lowest BCUT2D eigenvalue weighted by Crippen LogP contribution is -2.43. The summed E-state index contributed by atoms with van der Waals surface area (Å²) in [6.07, 6.45) is 7.75. The van der Waals surface area contributed by atoms with Crippen LogP contribution in [0.4, 0.5) is 5.69 Å². The molecule has 0 aromatic heterocycles. The van der Waals surface area contributed by atoms with Crippen LogP contribution < -0.4 is 15.5 Å². The maximum absolute atomic E-state index is 13.0. The Morgan fingerprint density at radius 1 is 1.32 bits per heavy atom. The summed E-state index contributed by atoms with van der Waals surface area (Å²) in [5.41, 5.74) is 3.39. The van der Waals surface area contributed by atoms with E-state index in [2.05, 4.69) is 28.5 Å². The Labute approximate surface area is 172 Å². The number of hydrogen-bond donors (Lipinski definition) is 2. The van der Waals surface area contributed by atoms with Crippen molar-refractivity contribution in [2.45, 2.75) is 32.6 Å². The van der Waals surface area contributed by atoms with Gasteiger partial charge >= 0.3 is 0 Å². The highest BCUT2D eigenvalue weighted by Crippen LogP contribution is 2.58. The van der Waals surface area contributed by atoms with Crippen LogP contribution in [-0.2, 0) is 0 Å². The van der Waals surface area contributed by atoms with E-state index < -0.39 is 0 Å². The van der Waals surface area contributed by atoms with Crippen LogP contribution in [0.5, 0.6) is 0 Å². The van der Waals surface area contributed by atoms with Crippen LogP contribution in [-0.4, -0.2) is 38.6 Å². The summed E-state index contributed by atoms with van der Waals surface area (Å²) in [6, 6.07) is 5.83. The number of allylic oxidation sites excluding steroid dienone is 1. The molecule has 0 spiro atoms. The summed E-state index contributed by atoms with van der Waals surface area (Å²) in [5, 5.41) is 7.10. The van der Waals surface area contributed by atoms with Gasteiger partial charge in [0.1, 0.15) is 0 Å². The van der Waals surface area contributed by atoms with Crippen LogP contribution in [0.2, 0.25) is 5.02 Å². The second-order valence-corrected chi connectivity index (χ2v) is 9.98. The van der Waals surface area contributed by atoms with Gasteiger partial charge in [0.15, 0.2) is 0 Å². The van der Waals surface area contributed by atoms with Gasteiger partial charge in [-0.2, -0.15) is 0 Å². The summed E-state index contributed by atoms with van der Waals surface area (Å²) in [7, 11) is 0. The van der Waals surface area contributed by atoms with E-state index >= 15 is 0 Å². The number of benzene rings is 1. The smallest absolute Gasteiger partial charge is 0.252 e. The van der Waals surface area contributed by atoms with Crippen LogP contribution >= 0.6 is 11.6 Å². The normalized spacial score (nSPS) is 33.7. The molecule has 1 aromatic rings. The van der Waals surface area contributed by atoms with E-state index in [4.69, 9.17) is 11.6 Å². The minimum Gasteiger partial charge on any atom is -0.369 e. The first kappa shape index (κ1) is 18.5. The van der Waals surface area contributed by atoms with Gasteiger partial charge in [0, 0.05) is 43.8 Å².